The zero-order valence-electron chi connectivity index (χ0n) is 17.4. The Balaban J connectivity index is 1.59. The Hall–Kier alpha value is -3.23. The van der Waals surface area contributed by atoms with Gasteiger partial charge < -0.3 is 10.6 Å². The first-order valence-electron chi connectivity index (χ1n) is 9.97. The number of anilines is 2. The highest BCUT2D eigenvalue weighted by Crippen LogP contribution is 2.21. The van der Waals surface area contributed by atoms with Gasteiger partial charge in [-0.25, -0.2) is 13.1 Å². The summed E-state index contributed by atoms with van der Waals surface area (Å²) in [6.45, 7) is 3.56. The van der Waals surface area contributed by atoms with Gasteiger partial charge in [-0.3, -0.25) is 9.59 Å². The minimum absolute atomic E-state index is 0.0300. The van der Waals surface area contributed by atoms with E-state index in [2.05, 4.69) is 15.4 Å². The van der Waals surface area contributed by atoms with E-state index in [-0.39, 0.29) is 29.7 Å². The van der Waals surface area contributed by atoms with Crippen molar-refractivity contribution in [1.82, 2.24) is 4.72 Å². The van der Waals surface area contributed by atoms with Crippen molar-refractivity contribution in [3.63, 3.8) is 0 Å². The van der Waals surface area contributed by atoms with Crippen LogP contribution in [0, 0.1) is 6.92 Å². The first kappa shape index (κ1) is 22.5. The van der Waals surface area contributed by atoms with Crippen LogP contribution in [0.3, 0.4) is 0 Å². The molecule has 0 aliphatic heterocycles. The highest BCUT2D eigenvalue weighted by molar-refractivity contribution is 7.89. The first-order chi connectivity index (χ1) is 14.8. The molecule has 3 aromatic rings. The van der Waals surface area contributed by atoms with E-state index < -0.39 is 10.0 Å². The van der Waals surface area contributed by atoms with Crippen LogP contribution in [0.5, 0.6) is 0 Å². The van der Waals surface area contributed by atoms with E-state index in [0.29, 0.717) is 17.8 Å². The Bertz CT molecular complexity index is 1220. The third-order valence-electron chi connectivity index (χ3n) is 4.79. The van der Waals surface area contributed by atoms with Crippen molar-refractivity contribution in [3.8, 4) is 0 Å². The number of hydrogen-bond donors (Lipinski definition) is 3. The lowest BCUT2D eigenvalue weighted by Crippen LogP contribution is -2.28. The van der Waals surface area contributed by atoms with Crippen LogP contribution in [0.25, 0.3) is 10.8 Å². The van der Waals surface area contributed by atoms with E-state index in [4.69, 9.17) is 0 Å². The molecule has 0 fully saturated rings. The van der Waals surface area contributed by atoms with Crippen LogP contribution in [0.1, 0.15) is 25.3 Å². The highest BCUT2D eigenvalue weighted by Gasteiger charge is 2.15. The summed E-state index contributed by atoms with van der Waals surface area (Å²) >= 11 is 0. The lowest BCUT2D eigenvalue weighted by Gasteiger charge is -2.12. The normalized spacial score (nSPS) is 11.3. The molecule has 0 aliphatic rings. The molecule has 7 nitrogen and oxygen atoms in total. The molecule has 31 heavy (non-hydrogen) atoms. The predicted molar refractivity (Wildman–Crippen MR) is 122 cm³/mol. The van der Waals surface area contributed by atoms with Crippen LogP contribution in [-0.2, 0) is 19.6 Å². The van der Waals surface area contributed by atoms with Crippen LogP contribution in [-0.4, -0.2) is 26.8 Å². The highest BCUT2D eigenvalue weighted by atomic mass is 32.2. The number of nitrogens with one attached hydrogen (secondary N) is 3. The minimum atomic E-state index is -3.73. The monoisotopic (exact) mass is 439 g/mol. The first-order valence-corrected chi connectivity index (χ1v) is 11.5. The molecule has 0 spiro atoms. The molecule has 0 saturated carbocycles. The Morgan fingerprint density at radius 3 is 2.35 bits per heavy atom. The molecule has 0 aromatic heterocycles. The van der Waals surface area contributed by atoms with Crippen LogP contribution in [0.4, 0.5) is 11.4 Å². The molecule has 3 rings (SSSR count). The van der Waals surface area contributed by atoms with Crippen molar-refractivity contribution >= 4 is 44.0 Å². The quantitative estimate of drug-likeness (QED) is 0.496. The van der Waals surface area contributed by atoms with Crippen molar-refractivity contribution in [2.75, 3.05) is 17.2 Å². The van der Waals surface area contributed by atoms with E-state index in [1.165, 1.54) is 0 Å². The Morgan fingerprint density at radius 1 is 0.871 bits per heavy atom. The third kappa shape index (κ3) is 5.90. The molecular weight excluding hydrogens is 414 g/mol. The summed E-state index contributed by atoms with van der Waals surface area (Å²) in [6, 6.07) is 17.6. The number of carbonyl (C=O) groups excluding carboxylic acids is 2. The summed E-state index contributed by atoms with van der Waals surface area (Å²) in [4.78, 5) is 24.0. The average molecular weight is 440 g/mol. The van der Waals surface area contributed by atoms with Gasteiger partial charge >= 0.3 is 0 Å². The zero-order chi connectivity index (χ0) is 22.4. The van der Waals surface area contributed by atoms with Crippen molar-refractivity contribution in [2.45, 2.75) is 31.6 Å². The summed E-state index contributed by atoms with van der Waals surface area (Å²) < 4.78 is 27.6. The summed E-state index contributed by atoms with van der Waals surface area (Å²) in [5.41, 5.74) is 1.99. The SMILES string of the molecule is CCC(=O)Nc1ccc(C)c(NC(=O)CCNS(=O)(=O)c2ccc3ccccc3c2)c1. The smallest absolute Gasteiger partial charge is 0.240 e. The number of rotatable bonds is 8. The second-order valence-electron chi connectivity index (χ2n) is 7.14. The maximum Gasteiger partial charge on any atom is 0.240 e. The maximum absolute atomic E-state index is 12.6. The molecule has 0 atom stereocenters. The van der Waals surface area contributed by atoms with Gasteiger partial charge in [0.15, 0.2) is 0 Å². The molecule has 0 unspecified atom stereocenters. The van der Waals surface area contributed by atoms with E-state index >= 15 is 0 Å². The fourth-order valence-electron chi connectivity index (χ4n) is 3.01. The lowest BCUT2D eigenvalue weighted by atomic mass is 10.1. The Morgan fingerprint density at radius 2 is 1.61 bits per heavy atom. The summed E-state index contributed by atoms with van der Waals surface area (Å²) in [7, 11) is -3.73. The van der Waals surface area contributed by atoms with Gasteiger partial charge in [-0.2, -0.15) is 0 Å². The summed E-state index contributed by atoms with van der Waals surface area (Å²) in [6.07, 6.45) is 0.324. The largest absolute Gasteiger partial charge is 0.326 e. The van der Waals surface area contributed by atoms with E-state index in [9.17, 15) is 18.0 Å². The van der Waals surface area contributed by atoms with Gasteiger partial charge in [0.1, 0.15) is 0 Å². The van der Waals surface area contributed by atoms with Crippen LogP contribution >= 0.6 is 0 Å². The number of carbonyl (C=O) groups is 2. The second-order valence-corrected chi connectivity index (χ2v) is 8.90. The standard InChI is InChI=1S/C23H25N3O4S/c1-3-22(27)25-19-10-8-16(2)21(15-19)26-23(28)12-13-24-31(29,30)20-11-9-17-6-4-5-7-18(17)14-20/h4-11,14-15,24H,3,12-13H2,1-2H3,(H,25,27)(H,26,28). The molecule has 0 saturated heterocycles. The molecular formula is C23H25N3O4S. The molecule has 162 valence electrons. The third-order valence-corrected chi connectivity index (χ3v) is 6.25. The van der Waals surface area contributed by atoms with Gasteiger partial charge in [-0.05, 0) is 47.5 Å². The van der Waals surface area contributed by atoms with Gasteiger partial charge in [0, 0.05) is 30.8 Å². The Kier molecular flexibility index (Phi) is 7.04. The number of fused-ring (bicyclic) bond motifs is 1. The van der Waals surface area contributed by atoms with Gasteiger partial charge in [-0.15, -0.1) is 0 Å². The van der Waals surface area contributed by atoms with Crippen LogP contribution in [0.15, 0.2) is 65.6 Å². The maximum atomic E-state index is 12.6. The van der Waals surface area contributed by atoms with Crippen LogP contribution in [0.2, 0.25) is 0 Å². The molecule has 8 heteroatoms. The summed E-state index contributed by atoms with van der Waals surface area (Å²) in [5, 5.41) is 7.29. The molecule has 2 amide bonds. The van der Waals surface area contributed by atoms with Gasteiger partial charge in [0.2, 0.25) is 21.8 Å². The molecule has 0 aliphatic carbocycles. The number of aryl methyl sites for hydroxylation is 1. The predicted octanol–water partition coefficient (Wildman–Crippen LogP) is 3.80. The van der Waals surface area contributed by atoms with Gasteiger partial charge in [-0.1, -0.05) is 43.3 Å². The van der Waals surface area contributed by atoms with Gasteiger partial charge in [0.25, 0.3) is 0 Å². The minimum Gasteiger partial charge on any atom is -0.326 e. The van der Waals surface area contributed by atoms with Crippen molar-refractivity contribution < 1.29 is 18.0 Å². The summed E-state index contributed by atoms with van der Waals surface area (Å²) in [5.74, 6) is -0.451. The lowest BCUT2D eigenvalue weighted by molar-refractivity contribution is -0.116. The Labute approximate surface area is 181 Å². The topological polar surface area (TPSA) is 104 Å². The fourth-order valence-corrected chi connectivity index (χ4v) is 4.08. The van der Waals surface area contributed by atoms with Crippen molar-refractivity contribution in [2.24, 2.45) is 0 Å². The molecule has 0 heterocycles. The van der Waals surface area contributed by atoms with Gasteiger partial charge in [0.05, 0.1) is 4.90 Å². The van der Waals surface area contributed by atoms with E-state index in [1.54, 1.807) is 43.3 Å². The number of amides is 2. The van der Waals surface area contributed by atoms with Crippen molar-refractivity contribution in [1.29, 1.82) is 0 Å². The molecule has 3 N–H and O–H groups in total. The van der Waals surface area contributed by atoms with Crippen LogP contribution < -0.4 is 15.4 Å². The number of sulfonamides is 1. The molecule has 0 bridgehead atoms. The molecule has 0 radical (unpaired) electrons. The number of hydrogen-bond acceptors (Lipinski definition) is 4. The zero-order valence-corrected chi connectivity index (χ0v) is 18.3. The van der Waals surface area contributed by atoms with Crippen molar-refractivity contribution in [3.05, 3.63) is 66.2 Å². The number of benzene rings is 3. The van der Waals surface area contributed by atoms with E-state index in [0.717, 1.165) is 16.3 Å². The second kappa shape index (κ2) is 9.72. The fraction of sp³-hybridized carbons (Fsp3) is 0.217. The molecule has 3 aromatic carbocycles. The average Bonchev–Trinajstić information content (AvgIpc) is 2.75. The van der Waals surface area contributed by atoms with E-state index in [1.807, 2.05) is 31.2 Å².